The molecule has 1 unspecified atom stereocenters. The van der Waals surface area contributed by atoms with Gasteiger partial charge in [-0.15, -0.1) is 0 Å². The van der Waals surface area contributed by atoms with Crippen molar-refractivity contribution in [3.63, 3.8) is 0 Å². The molecule has 0 aliphatic carbocycles. The van der Waals surface area contributed by atoms with Crippen LogP contribution in [-0.2, 0) is 0 Å². The van der Waals surface area contributed by atoms with Crippen molar-refractivity contribution in [2.24, 2.45) is 9.98 Å². The van der Waals surface area contributed by atoms with Gasteiger partial charge in [0.25, 0.3) is 0 Å². The van der Waals surface area contributed by atoms with Gasteiger partial charge in [-0.3, -0.25) is 9.98 Å². The van der Waals surface area contributed by atoms with Gasteiger partial charge in [-0.25, -0.2) is 0 Å². The average Bonchev–Trinajstić information content (AvgIpc) is 2.65. The molecule has 0 saturated carbocycles. The minimum atomic E-state index is -0.0892. The molecule has 144 valence electrons. The first-order valence-electron chi connectivity index (χ1n) is 8.98. The number of rotatable bonds is 9. The van der Waals surface area contributed by atoms with E-state index in [1.807, 2.05) is 20.8 Å². The molecule has 0 saturated heterocycles. The van der Waals surface area contributed by atoms with Crippen molar-refractivity contribution in [1.29, 1.82) is 0 Å². The molecule has 2 aromatic carbocycles. The van der Waals surface area contributed by atoms with Crippen molar-refractivity contribution in [3.05, 3.63) is 47.5 Å². The van der Waals surface area contributed by atoms with E-state index >= 15 is 0 Å². The molecular formula is C21H26N2O4. The first-order chi connectivity index (χ1) is 13.0. The summed E-state index contributed by atoms with van der Waals surface area (Å²) in [7, 11) is 0. The van der Waals surface area contributed by atoms with Crippen molar-refractivity contribution < 1.29 is 19.7 Å². The Labute approximate surface area is 159 Å². The van der Waals surface area contributed by atoms with Gasteiger partial charge in [0, 0.05) is 23.6 Å². The second-order valence-corrected chi connectivity index (χ2v) is 5.93. The fraction of sp³-hybridized carbons (Fsp3) is 0.333. The van der Waals surface area contributed by atoms with Gasteiger partial charge < -0.3 is 19.7 Å². The van der Waals surface area contributed by atoms with Crippen LogP contribution >= 0.6 is 0 Å². The van der Waals surface area contributed by atoms with Crippen LogP contribution in [0.15, 0.2) is 46.4 Å². The lowest BCUT2D eigenvalue weighted by Gasteiger charge is -2.07. The SMILES string of the molecule is CCOc1ccc(O)c(C=NCC(C)N=Cc2cc(OCC)ccc2O)c1. The number of aromatic hydroxyl groups is 2. The highest BCUT2D eigenvalue weighted by Crippen LogP contribution is 2.22. The molecule has 0 radical (unpaired) electrons. The quantitative estimate of drug-likeness (QED) is 0.657. The Morgan fingerprint density at radius 2 is 1.41 bits per heavy atom. The zero-order valence-corrected chi connectivity index (χ0v) is 15.9. The third-order valence-electron chi connectivity index (χ3n) is 3.69. The summed E-state index contributed by atoms with van der Waals surface area (Å²) in [5, 5.41) is 19.8. The lowest BCUT2D eigenvalue weighted by molar-refractivity contribution is 0.339. The molecule has 0 aromatic heterocycles. The van der Waals surface area contributed by atoms with Gasteiger partial charge in [-0.2, -0.15) is 0 Å². The molecule has 0 spiro atoms. The van der Waals surface area contributed by atoms with E-state index in [1.165, 1.54) is 0 Å². The summed E-state index contributed by atoms with van der Waals surface area (Å²) in [6.07, 6.45) is 3.22. The molecule has 6 nitrogen and oxygen atoms in total. The van der Waals surface area contributed by atoms with Gasteiger partial charge >= 0.3 is 0 Å². The first-order valence-corrected chi connectivity index (χ1v) is 8.98. The van der Waals surface area contributed by atoms with E-state index in [-0.39, 0.29) is 17.5 Å². The number of aliphatic imine (C=N–C) groups is 2. The third-order valence-corrected chi connectivity index (χ3v) is 3.69. The Balaban J connectivity index is 1.99. The standard InChI is InChI=1S/C21H26N2O4/c1-4-26-18-6-8-20(24)16(10-18)13-22-12-15(3)23-14-17-11-19(27-5-2)7-9-21(17)25/h6-11,13-15,24-25H,4-5,12H2,1-3H3. The molecule has 0 aliphatic heterocycles. The van der Waals surface area contributed by atoms with Crippen LogP contribution in [-0.4, -0.2) is 48.4 Å². The Morgan fingerprint density at radius 3 is 1.93 bits per heavy atom. The van der Waals surface area contributed by atoms with Crippen molar-refractivity contribution in [3.8, 4) is 23.0 Å². The monoisotopic (exact) mass is 370 g/mol. The van der Waals surface area contributed by atoms with Crippen molar-refractivity contribution in [2.75, 3.05) is 19.8 Å². The number of hydrogen-bond acceptors (Lipinski definition) is 6. The second kappa shape index (κ2) is 10.2. The second-order valence-electron chi connectivity index (χ2n) is 5.93. The Kier molecular flexibility index (Phi) is 7.67. The Morgan fingerprint density at radius 1 is 0.889 bits per heavy atom. The largest absolute Gasteiger partial charge is 0.507 e. The maximum Gasteiger partial charge on any atom is 0.124 e. The molecule has 0 heterocycles. The number of ether oxygens (including phenoxy) is 2. The van der Waals surface area contributed by atoms with Gasteiger partial charge in [0.2, 0.25) is 0 Å². The molecule has 2 rings (SSSR count). The smallest absolute Gasteiger partial charge is 0.124 e. The molecule has 0 amide bonds. The van der Waals surface area contributed by atoms with Crippen LogP contribution in [0.4, 0.5) is 0 Å². The van der Waals surface area contributed by atoms with E-state index in [1.54, 1.807) is 48.8 Å². The van der Waals surface area contributed by atoms with Gasteiger partial charge in [-0.1, -0.05) is 0 Å². The molecule has 0 aliphatic rings. The Bertz CT molecular complexity index is 803. The third kappa shape index (κ3) is 6.33. The van der Waals surface area contributed by atoms with Crippen LogP contribution < -0.4 is 9.47 Å². The predicted octanol–water partition coefficient (Wildman–Crippen LogP) is 3.82. The van der Waals surface area contributed by atoms with Gasteiger partial charge in [-0.05, 0) is 57.2 Å². The minimum Gasteiger partial charge on any atom is -0.507 e. The van der Waals surface area contributed by atoms with Gasteiger partial charge in [0.05, 0.1) is 25.8 Å². The highest BCUT2D eigenvalue weighted by Gasteiger charge is 2.04. The number of hydrogen-bond donors (Lipinski definition) is 2. The normalized spacial score (nSPS) is 12.6. The van der Waals surface area contributed by atoms with E-state index < -0.39 is 0 Å². The number of benzene rings is 2. The summed E-state index contributed by atoms with van der Waals surface area (Å²) in [6, 6.07) is 10.0. The van der Waals surface area contributed by atoms with E-state index in [2.05, 4.69) is 9.98 Å². The first kappa shape index (κ1) is 20.3. The summed E-state index contributed by atoms with van der Waals surface area (Å²) in [4.78, 5) is 8.76. The van der Waals surface area contributed by atoms with Crippen LogP contribution in [0.5, 0.6) is 23.0 Å². The highest BCUT2D eigenvalue weighted by atomic mass is 16.5. The zero-order chi connectivity index (χ0) is 19.6. The van der Waals surface area contributed by atoms with E-state index in [0.717, 1.165) is 0 Å². The van der Waals surface area contributed by atoms with Gasteiger partial charge in [0.1, 0.15) is 23.0 Å². The maximum atomic E-state index is 9.93. The lowest BCUT2D eigenvalue weighted by atomic mass is 10.2. The molecule has 1 atom stereocenters. The van der Waals surface area contributed by atoms with Crippen LogP contribution in [0.25, 0.3) is 0 Å². The highest BCUT2D eigenvalue weighted by molar-refractivity contribution is 5.85. The van der Waals surface area contributed by atoms with Crippen LogP contribution in [0, 0.1) is 0 Å². The topological polar surface area (TPSA) is 83.6 Å². The number of phenols is 2. The van der Waals surface area contributed by atoms with Crippen LogP contribution in [0.2, 0.25) is 0 Å². The molecule has 2 aromatic rings. The lowest BCUT2D eigenvalue weighted by Crippen LogP contribution is -2.04. The summed E-state index contributed by atoms with van der Waals surface area (Å²) >= 11 is 0. The van der Waals surface area contributed by atoms with Gasteiger partial charge in [0.15, 0.2) is 0 Å². The van der Waals surface area contributed by atoms with Crippen LogP contribution in [0.3, 0.4) is 0 Å². The summed E-state index contributed by atoms with van der Waals surface area (Å²) in [5.41, 5.74) is 1.19. The molecular weight excluding hydrogens is 344 g/mol. The summed E-state index contributed by atoms with van der Waals surface area (Å²) < 4.78 is 10.9. The molecule has 27 heavy (non-hydrogen) atoms. The molecule has 0 bridgehead atoms. The molecule has 0 fully saturated rings. The van der Waals surface area contributed by atoms with E-state index in [9.17, 15) is 10.2 Å². The number of nitrogens with zero attached hydrogens (tertiary/aromatic N) is 2. The van der Waals surface area contributed by atoms with Crippen molar-refractivity contribution in [1.82, 2.24) is 0 Å². The zero-order valence-electron chi connectivity index (χ0n) is 15.9. The molecule has 6 heteroatoms. The predicted molar refractivity (Wildman–Crippen MR) is 108 cm³/mol. The Hall–Kier alpha value is -3.02. The number of phenolic OH excluding ortho intramolecular Hbond substituents is 2. The minimum absolute atomic E-state index is 0.0892. The molecule has 2 N–H and O–H groups in total. The van der Waals surface area contributed by atoms with E-state index in [4.69, 9.17) is 9.47 Å². The fourth-order valence-corrected chi connectivity index (χ4v) is 2.34. The average molecular weight is 370 g/mol. The van der Waals surface area contributed by atoms with E-state index in [0.29, 0.717) is 42.4 Å². The maximum absolute atomic E-state index is 9.93. The summed E-state index contributed by atoms with van der Waals surface area (Å²) in [5.74, 6) is 1.67. The van der Waals surface area contributed by atoms with Crippen molar-refractivity contribution >= 4 is 12.4 Å². The van der Waals surface area contributed by atoms with Crippen molar-refractivity contribution in [2.45, 2.75) is 26.8 Å². The van der Waals surface area contributed by atoms with Crippen LogP contribution in [0.1, 0.15) is 31.9 Å². The fourth-order valence-electron chi connectivity index (χ4n) is 2.34. The summed E-state index contributed by atoms with van der Waals surface area (Å²) in [6.45, 7) is 7.30.